The van der Waals surface area contributed by atoms with Gasteiger partial charge in [-0.15, -0.1) is 0 Å². The van der Waals surface area contributed by atoms with Crippen LogP contribution < -0.4 is 10.6 Å². The molecule has 2 aromatic carbocycles. The van der Waals surface area contributed by atoms with Gasteiger partial charge in [-0.2, -0.15) is 13.2 Å². The zero-order valence-corrected chi connectivity index (χ0v) is 15.6. The molecule has 0 unspecified atom stereocenters. The van der Waals surface area contributed by atoms with Gasteiger partial charge in [0.2, 0.25) is 5.91 Å². The Morgan fingerprint density at radius 1 is 1.03 bits per heavy atom. The molecule has 8 nitrogen and oxygen atoms in total. The van der Waals surface area contributed by atoms with Gasteiger partial charge in [-0.05, 0) is 35.9 Å². The van der Waals surface area contributed by atoms with Gasteiger partial charge in [0, 0.05) is 17.8 Å². The first-order chi connectivity index (χ1) is 14.6. The lowest BCUT2D eigenvalue weighted by Gasteiger charge is -2.15. The number of rotatable bonds is 6. The number of alkyl halides is 3. The fourth-order valence-corrected chi connectivity index (χ4v) is 2.68. The van der Waals surface area contributed by atoms with E-state index >= 15 is 0 Å². The van der Waals surface area contributed by atoms with Gasteiger partial charge in [0.15, 0.2) is 5.76 Å². The van der Waals surface area contributed by atoms with Crippen molar-refractivity contribution in [1.29, 1.82) is 0 Å². The van der Waals surface area contributed by atoms with Crippen molar-refractivity contribution in [3.8, 4) is 0 Å². The molecule has 0 saturated heterocycles. The quantitative estimate of drug-likeness (QED) is 0.434. The van der Waals surface area contributed by atoms with E-state index in [0.29, 0.717) is 11.6 Å². The molecular formula is C20H14F3N3O5. The molecule has 1 aromatic heterocycles. The van der Waals surface area contributed by atoms with Crippen LogP contribution in [0, 0.1) is 10.1 Å². The van der Waals surface area contributed by atoms with Crippen molar-refractivity contribution < 1.29 is 32.1 Å². The average molecular weight is 433 g/mol. The normalized spacial score (nSPS) is 11.1. The third kappa shape index (κ3) is 5.47. The maximum atomic E-state index is 13.5. The molecule has 160 valence electrons. The predicted octanol–water partition coefficient (Wildman–Crippen LogP) is 4.64. The largest absolute Gasteiger partial charge is 0.459 e. The van der Waals surface area contributed by atoms with Crippen LogP contribution in [0.5, 0.6) is 0 Å². The van der Waals surface area contributed by atoms with Crippen molar-refractivity contribution in [1.82, 2.24) is 0 Å². The minimum Gasteiger partial charge on any atom is -0.459 e. The maximum absolute atomic E-state index is 13.5. The number of nitro benzene ring substituents is 1. The summed E-state index contributed by atoms with van der Waals surface area (Å²) < 4.78 is 45.4. The van der Waals surface area contributed by atoms with E-state index in [4.69, 9.17) is 4.42 Å². The number of carbonyl (C=O) groups excluding carboxylic acids is 2. The Morgan fingerprint density at radius 2 is 1.74 bits per heavy atom. The van der Waals surface area contributed by atoms with E-state index in [0.717, 1.165) is 6.07 Å². The van der Waals surface area contributed by atoms with E-state index in [1.54, 1.807) is 0 Å². The number of amides is 2. The molecule has 2 N–H and O–H groups in total. The van der Waals surface area contributed by atoms with Gasteiger partial charge < -0.3 is 15.1 Å². The number of non-ortho nitro benzene ring substituents is 1. The highest BCUT2D eigenvalue weighted by atomic mass is 19.4. The maximum Gasteiger partial charge on any atom is 0.418 e. The number of benzene rings is 2. The molecule has 0 saturated carbocycles. The number of carbonyl (C=O) groups is 2. The van der Waals surface area contributed by atoms with Crippen molar-refractivity contribution in [3.63, 3.8) is 0 Å². The standard InChI is InChI=1S/C20H14F3N3O5/c21-20(22,23)15-11-13(24-19(28)17-2-1-9-31-17)5-8-16(15)25-18(27)10-12-3-6-14(7-4-12)26(29)30/h1-9,11H,10H2,(H,24,28)(H,25,27). The number of nitrogens with one attached hydrogen (secondary N) is 2. The van der Waals surface area contributed by atoms with Crippen molar-refractivity contribution in [2.75, 3.05) is 10.6 Å². The molecule has 11 heteroatoms. The Hall–Kier alpha value is -4.15. The highest BCUT2D eigenvalue weighted by Crippen LogP contribution is 2.36. The third-order valence-corrected chi connectivity index (χ3v) is 4.11. The molecule has 31 heavy (non-hydrogen) atoms. The Balaban J connectivity index is 1.75. The van der Waals surface area contributed by atoms with Gasteiger partial charge in [-0.25, -0.2) is 0 Å². The van der Waals surface area contributed by atoms with Crippen LogP contribution in [0.2, 0.25) is 0 Å². The number of furan rings is 1. The SMILES string of the molecule is O=C(Cc1ccc([N+](=O)[O-])cc1)Nc1ccc(NC(=O)c2ccco2)cc1C(F)(F)F. The summed E-state index contributed by atoms with van der Waals surface area (Å²) in [6.07, 6.45) is -3.84. The summed E-state index contributed by atoms with van der Waals surface area (Å²) in [6.45, 7) is 0. The second kappa shape index (κ2) is 8.69. The lowest BCUT2D eigenvalue weighted by molar-refractivity contribution is -0.384. The van der Waals surface area contributed by atoms with Gasteiger partial charge in [0.25, 0.3) is 11.6 Å². The molecule has 2 amide bonds. The topological polar surface area (TPSA) is 114 Å². The van der Waals surface area contributed by atoms with Gasteiger partial charge in [-0.3, -0.25) is 19.7 Å². The van der Waals surface area contributed by atoms with Gasteiger partial charge >= 0.3 is 6.18 Å². The predicted molar refractivity (Wildman–Crippen MR) is 104 cm³/mol. The minimum atomic E-state index is -4.80. The van der Waals surface area contributed by atoms with Crippen molar-refractivity contribution >= 4 is 28.9 Å². The number of anilines is 2. The number of hydrogen-bond donors (Lipinski definition) is 2. The van der Waals surface area contributed by atoms with E-state index in [9.17, 15) is 32.9 Å². The minimum absolute atomic E-state index is 0.0750. The molecule has 0 atom stereocenters. The molecule has 0 spiro atoms. The summed E-state index contributed by atoms with van der Waals surface area (Å²) >= 11 is 0. The van der Waals surface area contributed by atoms with E-state index in [-0.39, 0.29) is 23.6 Å². The second-order valence-corrected chi connectivity index (χ2v) is 6.34. The molecule has 0 aliphatic carbocycles. The van der Waals surface area contributed by atoms with E-state index in [1.165, 1.54) is 48.7 Å². The fraction of sp³-hybridized carbons (Fsp3) is 0.100. The smallest absolute Gasteiger partial charge is 0.418 e. The van der Waals surface area contributed by atoms with E-state index in [1.807, 2.05) is 0 Å². The van der Waals surface area contributed by atoms with Crippen molar-refractivity contribution in [2.24, 2.45) is 0 Å². The van der Waals surface area contributed by atoms with Crippen LogP contribution in [0.3, 0.4) is 0 Å². The molecule has 3 aromatic rings. The second-order valence-electron chi connectivity index (χ2n) is 6.34. The Bertz CT molecular complexity index is 1110. The zero-order chi connectivity index (χ0) is 22.6. The molecule has 1 heterocycles. The van der Waals surface area contributed by atoms with Crippen LogP contribution in [-0.2, 0) is 17.4 Å². The van der Waals surface area contributed by atoms with Gasteiger partial charge in [0.1, 0.15) is 0 Å². The van der Waals surface area contributed by atoms with Crippen LogP contribution in [0.1, 0.15) is 21.7 Å². The molecule has 3 rings (SSSR count). The Morgan fingerprint density at radius 3 is 2.32 bits per heavy atom. The number of hydrogen-bond acceptors (Lipinski definition) is 5. The zero-order valence-electron chi connectivity index (χ0n) is 15.6. The van der Waals surface area contributed by atoms with Crippen LogP contribution in [-0.4, -0.2) is 16.7 Å². The first-order valence-corrected chi connectivity index (χ1v) is 8.73. The summed E-state index contributed by atoms with van der Waals surface area (Å²) in [7, 11) is 0. The molecule has 0 aliphatic heterocycles. The molecule has 0 fully saturated rings. The lowest BCUT2D eigenvalue weighted by atomic mass is 10.1. The number of halogens is 3. The summed E-state index contributed by atoms with van der Waals surface area (Å²) in [4.78, 5) is 34.2. The fourth-order valence-electron chi connectivity index (χ4n) is 2.68. The average Bonchev–Trinajstić information content (AvgIpc) is 3.23. The third-order valence-electron chi connectivity index (χ3n) is 4.11. The van der Waals surface area contributed by atoms with Gasteiger partial charge in [0.05, 0.1) is 28.9 Å². The monoisotopic (exact) mass is 433 g/mol. The Kier molecular flexibility index (Phi) is 6.05. The van der Waals surface area contributed by atoms with E-state index in [2.05, 4.69) is 10.6 Å². The molecule has 0 aliphatic rings. The van der Waals surface area contributed by atoms with Gasteiger partial charge in [-0.1, -0.05) is 12.1 Å². The van der Waals surface area contributed by atoms with Crippen LogP contribution in [0.4, 0.5) is 30.2 Å². The first kappa shape index (κ1) is 21.6. The summed E-state index contributed by atoms with van der Waals surface area (Å²) in [5.74, 6) is -1.55. The van der Waals surface area contributed by atoms with Crippen LogP contribution in [0.15, 0.2) is 65.3 Å². The highest BCUT2D eigenvalue weighted by molar-refractivity contribution is 6.02. The van der Waals surface area contributed by atoms with E-state index < -0.39 is 34.2 Å². The summed E-state index contributed by atoms with van der Waals surface area (Å²) in [5.41, 5.74) is -1.56. The molecule has 0 radical (unpaired) electrons. The number of nitro groups is 1. The lowest BCUT2D eigenvalue weighted by Crippen LogP contribution is -2.19. The van der Waals surface area contributed by atoms with Crippen molar-refractivity contribution in [3.05, 3.63) is 87.9 Å². The number of nitrogens with zero attached hydrogens (tertiary/aromatic N) is 1. The summed E-state index contributed by atoms with van der Waals surface area (Å²) in [5, 5.41) is 15.1. The first-order valence-electron chi connectivity index (χ1n) is 8.73. The molecule has 0 bridgehead atoms. The van der Waals surface area contributed by atoms with Crippen LogP contribution >= 0.6 is 0 Å². The molecular weight excluding hydrogens is 419 g/mol. The summed E-state index contributed by atoms with van der Waals surface area (Å²) in [6, 6.07) is 10.8. The highest BCUT2D eigenvalue weighted by Gasteiger charge is 2.34. The Labute approximate surface area is 172 Å². The van der Waals surface area contributed by atoms with Crippen LogP contribution in [0.25, 0.3) is 0 Å². The van der Waals surface area contributed by atoms with Crippen molar-refractivity contribution in [2.45, 2.75) is 12.6 Å².